The molecule has 0 saturated carbocycles. The number of benzene rings is 2. The zero-order valence-corrected chi connectivity index (χ0v) is 23.7. The van der Waals surface area contributed by atoms with Crippen molar-refractivity contribution in [2.24, 2.45) is 0 Å². The summed E-state index contributed by atoms with van der Waals surface area (Å²) in [7, 11) is 0. The fourth-order valence-corrected chi connectivity index (χ4v) is 3.60. The normalized spacial score (nSPS) is 10.3. The quantitative estimate of drug-likeness (QED) is 0.301. The Morgan fingerprint density at radius 3 is 1.36 bits per heavy atom. The van der Waals surface area contributed by atoms with Crippen molar-refractivity contribution >= 4 is 40.5 Å². The van der Waals surface area contributed by atoms with Crippen LogP contribution in [-0.4, -0.2) is 14.5 Å². The van der Waals surface area contributed by atoms with Gasteiger partial charge >= 0.3 is 58.0 Å². The number of hydrogen-bond donors (Lipinski definition) is 2. The molecule has 2 nitrogen and oxygen atoms in total. The van der Waals surface area contributed by atoms with Crippen molar-refractivity contribution in [3.8, 4) is 11.5 Å². The first-order chi connectivity index (χ1) is 14.3. The van der Waals surface area contributed by atoms with E-state index >= 15 is 0 Å². The third-order valence-corrected chi connectivity index (χ3v) is 5.85. The molecule has 0 aliphatic heterocycles. The molecule has 0 radical (unpaired) electrons. The van der Waals surface area contributed by atoms with E-state index < -0.39 is 0 Å². The Balaban J connectivity index is 0. The number of rotatable bonds is 1. The molecule has 0 bridgehead atoms. The predicted molar refractivity (Wildman–Crippen MR) is 138 cm³/mol. The Kier molecular flexibility index (Phi) is 15.3. The molecular formula is C25H32Cl2F2O2STi. The van der Waals surface area contributed by atoms with E-state index in [4.69, 9.17) is 0 Å². The average Bonchev–Trinajstić information content (AvgIpc) is 3.19. The number of phenolic OH excluding ortho intramolecular Hbond substituents is 2. The maximum atomic E-state index is 12.8. The van der Waals surface area contributed by atoms with Crippen LogP contribution in [0.4, 0.5) is 8.78 Å². The van der Waals surface area contributed by atoms with Gasteiger partial charge in [0, 0.05) is 11.1 Å². The van der Waals surface area contributed by atoms with Gasteiger partial charge in [-0.25, -0.2) is 8.78 Å². The third-order valence-electron chi connectivity index (χ3n) is 4.22. The first kappa shape index (κ1) is 33.9. The first-order valence-corrected chi connectivity index (χ1v) is 11.6. The van der Waals surface area contributed by atoms with Gasteiger partial charge in [0.2, 0.25) is 0 Å². The van der Waals surface area contributed by atoms with Gasteiger partial charge in [-0.05, 0) is 47.2 Å². The maximum absolute atomic E-state index is 12.8. The second-order valence-electron chi connectivity index (χ2n) is 8.98. The monoisotopic (exact) mass is 552 g/mol. The minimum atomic E-state index is -0.308. The SMILES string of the molecule is CC(C)(C)c1cc(F)ccc1O.CC(C)(C)c1cc(F)ccc1O.Cl.Cl.[Ti]=[CH]c1cccs1. The summed E-state index contributed by atoms with van der Waals surface area (Å²) >= 11 is 3.81. The molecule has 2 N–H and O–H groups in total. The standard InChI is InChI=1S/2C10H13FO.C5H4S.2ClH.Ti/c2*1-10(2,3)8-6-7(11)4-5-9(8)12;1-5-3-2-4-6-5;;;/h2*4-6,12H,1-3H3;1-4H;2*1H;. The molecule has 0 saturated heterocycles. The van der Waals surface area contributed by atoms with E-state index in [1.165, 1.54) is 41.3 Å². The van der Waals surface area contributed by atoms with Gasteiger partial charge in [0.1, 0.15) is 23.1 Å². The van der Waals surface area contributed by atoms with Gasteiger partial charge in [0.05, 0.1) is 0 Å². The summed E-state index contributed by atoms with van der Waals surface area (Å²) in [6, 6.07) is 12.2. The molecule has 0 atom stereocenters. The number of hydrogen-bond acceptors (Lipinski definition) is 3. The third kappa shape index (κ3) is 12.2. The molecule has 0 unspecified atom stereocenters. The fourth-order valence-electron chi connectivity index (χ4n) is 2.59. The van der Waals surface area contributed by atoms with Crippen molar-refractivity contribution in [3.05, 3.63) is 81.5 Å². The summed E-state index contributed by atoms with van der Waals surface area (Å²) in [5, 5.41) is 20.9. The van der Waals surface area contributed by atoms with Crippen molar-refractivity contribution in [1.29, 1.82) is 0 Å². The number of thiophene rings is 1. The number of phenols is 2. The van der Waals surface area contributed by atoms with Gasteiger partial charge in [-0.1, -0.05) is 41.5 Å². The van der Waals surface area contributed by atoms with Crippen LogP contribution in [0.1, 0.15) is 57.5 Å². The minimum absolute atomic E-state index is 0. The van der Waals surface area contributed by atoms with E-state index in [0.717, 1.165) is 0 Å². The van der Waals surface area contributed by atoms with Crippen molar-refractivity contribution in [1.82, 2.24) is 0 Å². The van der Waals surface area contributed by atoms with Crippen LogP contribution in [0.15, 0.2) is 53.9 Å². The zero-order chi connectivity index (χ0) is 23.8. The van der Waals surface area contributed by atoms with Crippen molar-refractivity contribution in [3.63, 3.8) is 0 Å². The summed E-state index contributed by atoms with van der Waals surface area (Å²) in [5.41, 5.74) is 0.850. The van der Waals surface area contributed by atoms with E-state index in [9.17, 15) is 19.0 Å². The van der Waals surface area contributed by atoms with Crippen LogP contribution in [0, 0.1) is 11.6 Å². The molecular weight excluding hydrogens is 521 g/mol. The van der Waals surface area contributed by atoms with Gasteiger partial charge in [0.25, 0.3) is 0 Å². The van der Waals surface area contributed by atoms with Gasteiger partial charge in [-0.2, -0.15) is 0 Å². The van der Waals surface area contributed by atoms with Gasteiger partial charge < -0.3 is 10.2 Å². The molecule has 3 aromatic rings. The Labute approximate surface area is 223 Å². The van der Waals surface area contributed by atoms with Crippen molar-refractivity contribution in [2.45, 2.75) is 52.4 Å². The van der Waals surface area contributed by atoms with Crippen LogP contribution in [0.3, 0.4) is 0 Å². The van der Waals surface area contributed by atoms with Gasteiger partial charge in [0.15, 0.2) is 0 Å². The molecule has 0 fully saturated rings. The Morgan fingerprint density at radius 2 is 1.15 bits per heavy atom. The van der Waals surface area contributed by atoms with Crippen LogP contribution < -0.4 is 0 Å². The molecule has 8 heteroatoms. The summed E-state index contributed by atoms with van der Waals surface area (Å²) < 4.78 is 27.6. The van der Waals surface area contributed by atoms with E-state index in [1.54, 1.807) is 11.3 Å². The summed E-state index contributed by atoms with van der Waals surface area (Å²) in [6.07, 6.45) is 0. The van der Waals surface area contributed by atoms with Crippen LogP contribution in [0.25, 0.3) is 0 Å². The Hall–Kier alpha value is -1.24. The van der Waals surface area contributed by atoms with Crippen LogP contribution in [0.5, 0.6) is 11.5 Å². The molecule has 1 heterocycles. The molecule has 2 aromatic carbocycles. The summed E-state index contributed by atoms with van der Waals surface area (Å²) in [4.78, 5) is 1.35. The van der Waals surface area contributed by atoms with E-state index in [0.29, 0.717) is 11.1 Å². The molecule has 0 amide bonds. The molecule has 0 aliphatic rings. The number of aromatic hydroxyl groups is 2. The predicted octanol–water partition coefficient (Wildman–Crippen LogP) is 7.95. The fraction of sp³-hybridized carbons (Fsp3) is 0.320. The van der Waals surface area contributed by atoms with Crippen LogP contribution in [-0.2, 0) is 30.8 Å². The van der Waals surface area contributed by atoms with E-state index in [-0.39, 0.29) is 58.8 Å². The van der Waals surface area contributed by atoms with Gasteiger partial charge in [-0.15, -0.1) is 24.8 Å². The van der Waals surface area contributed by atoms with Crippen molar-refractivity contribution in [2.75, 3.05) is 0 Å². The summed E-state index contributed by atoms with van der Waals surface area (Å²) in [6.45, 7) is 11.6. The van der Waals surface area contributed by atoms with Gasteiger partial charge in [-0.3, -0.25) is 0 Å². The zero-order valence-electron chi connectivity index (χ0n) is 19.6. The molecule has 3 rings (SSSR count). The second kappa shape index (κ2) is 14.9. The first-order valence-electron chi connectivity index (χ1n) is 9.77. The summed E-state index contributed by atoms with van der Waals surface area (Å²) in [5.74, 6) is -0.303. The van der Waals surface area contributed by atoms with Crippen LogP contribution >= 0.6 is 36.2 Å². The second-order valence-corrected chi connectivity index (χ2v) is 10.4. The number of halogens is 4. The Morgan fingerprint density at radius 1 is 0.758 bits per heavy atom. The molecule has 0 spiro atoms. The Bertz CT molecular complexity index is 922. The van der Waals surface area contributed by atoms with Crippen molar-refractivity contribution < 1.29 is 39.0 Å². The molecule has 1 aromatic heterocycles. The topological polar surface area (TPSA) is 40.5 Å². The van der Waals surface area contributed by atoms with Crippen LogP contribution in [0.2, 0.25) is 0 Å². The van der Waals surface area contributed by atoms with E-state index in [2.05, 4.69) is 21.8 Å². The molecule has 0 aliphatic carbocycles. The molecule has 182 valence electrons. The average molecular weight is 553 g/mol. The molecule has 33 heavy (non-hydrogen) atoms. The van der Waals surface area contributed by atoms with E-state index in [1.807, 2.05) is 61.5 Å².